The molecule has 0 aliphatic heterocycles. The van der Waals surface area contributed by atoms with Crippen LogP contribution in [0.5, 0.6) is 5.75 Å². The number of hydrogen-bond acceptors (Lipinski definition) is 3. The molecular formula is C17H18N2O2. The Hall–Kier alpha value is -2.62. The molecule has 0 unspecified atom stereocenters. The normalized spacial score (nSPS) is 11.3. The maximum Gasteiger partial charge on any atom is 0.271 e. The van der Waals surface area contributed by atoms with Crippen LogP contribution in [0.15, 0.2) is 47.6 Å². The maximum atomic E-state index is 12.0. The molecule has 2 N–H and O–H groups in total. The summed E-state index contributed by atoms with van der Waals surface area (Å²) in [5, 5.41) is 13.8. The molecule has 21 heavy (non-hydrogen) atoms. The SMILES string of the molecule is C/C(=N\NC(=O)c1ccc(C)c(C)c1)c1ccccc1O. The van der Waals surface area contributed by atoms with E-state index < -0.39 is 0 Å². The van der Waals surface area contributed by atoms with Crippen molar-refractivity contribution in [1.82, 2.24) is 5.43 Å². The van der Waals surface area contributed by atoms with Gasteiger partial charge in [0.25, 0.3) is 5.91 Å². The zero-order chi connectivity index (χ0) is 15.4. The number of benzene rings is 2. The van der Waals surface area contributed by atoms with Gasteiger partial charge in [-0.1, -0.05) is 18.2 Å². The standard InChI is InChI=1S/C17H18N2O2/c1-11-8-9-14(10-12(11)2)17(21)19-18-13(3)15-6-4-5-7-16(15)20/h4-10,20H,1-3H3,(H,19,21)/b18-13+. The predicted molar refractivity (Wildman–Crippen MR) is 83.7 cm³/mol. The molecule has 2 aromatic carbocycles. The van der Waals surface area contributed by atoms with E-state index in [2.05, 4.69) is 10.5 Å². The molecule has 0 atom stereocenters. The molecule has 1 amide bonds. The Morgan fingerprint density at radius 3 is 2.48 bits per heavy atom. The molecule has 2 rings (SSSR count). The van der Waals surface area contributed by atoms with Gasteiger partial charge in [0.2, 0.25) is 0 Å². The van der Waals surface area contributed by atoms with Crippen LogP contribution < -0.4 is 5.43 Å². The van der Waals surface area contributed by atoms with Gasteiger partial charge < -0.3 is 5.11 Å². The second-order valence-corrected chi connectivity index (χ2v) is 4.95. The molecule has 0 aromatic heterocycles. The highest BCUT2D eigenvalue weighted by atomic mass is 16.3. The molecule has 108 valence electrons. The highest BCUT2D eigenvalue weighted by molar-refractivity contribution is 6.02. The minimum absolute atomic E-state index is 0.138. The Labute approximate surface area is 124 Å². The van der Waals surface area contributed by atoms with Crippen LogP contribution in [0.2, 0.25) is 0 Å². The molecule has 0 spiro atoms. The molecule has 0 aliphatic carbocycles. The van der Waals surface area contributed by atoms with Crippen LogP contribution in [-0.4, -0.2) is 16.7 Å². The van der Waals surface area contributed by atoms with Crippen LogP contribution in [0.25, 0.3) is 0 Å². The molecule has 0 fully saturated rings. The number of para-hydroxylation sites is 1. The molecule has 0 aliphatic rings. The number of carbonyl (C=O) groups is 1. The van der Waals surface area contributed by atoms with E-state index in [0.29, 0.717) is 16.8 Å². The summed E-state index contributed by atoms with van der Waals surface area (Å²) in [6.07, 6.45) is 0. The van der Waals surface area contributed by atoms with Crippen molar-refractivity contribution in [3.05, 3.63) is 64.7 Å². The zero-order valence-electron chi connectivity index (χ0n) is 12.3. The zero-order valence-corrected chi connectivity index (χ0v) is 12.3. The third-order valence-electron chi connectivity index (χ3n) is 3.39. The Balaban J connectivity index is 2.14. The number of hydrazone groups is 1. The second-order valence-electron chi connectivity index (χ2n) is 4.95. The van der Waals surface area contributed by atoms with Crippen molar-refractivity contribution in [3.63, 3.8) is 0 Å². The van der Waals surface area contributed by atoms with Gasteiger partial charge in [0, 0.05) is 11.1 Å². The lowest BCUT2D eigenvalue weighted by Gasteiger charge is -2.06. The summed E-state index contributed by atoms with van der Waals surface area (Å²) in [7, 11) is 0. The number of aryl methyl sites for hydroxylation is 2. The van der Waals surface area contributed by atoms with Gasteiger partial charge in [-0.3, -0.25) is 4.79 Å². The number of amides is 1. The summed E-state index contributed by atoms with van der Waals surface area (Å²) in [4.78, 5) is 12.0. The lowest BCUT2D eigenvalue weighted by Crippen LogP contribution is -2.19. The van der Waals surface area contributed by atoms with Crippen molar-refractivity contribution >= 4 is 11.6 Å². The first-order chi connectivity index (χ1) is 9.99. The first kappa shape index (κ1) is 14.8. The van der Waals surface area contributed by atoms with Crippen molar-refractivity contribution in [1.29, 1.82) is 0 Å². The first-order valence-corrected chi connectivity index (χ1v) is 6.69. The number of rotatable bonds is 3. The van der Waals surface area contributed by atoms with Crippen molar-refractivity contribution < 1.29 is 9.90 Å². The van der Waals surface area contributed by atoms with E-state index in [4.69, 9.17) is 0 Å². The minimum atomic E-state index is -0.270. The third kappa shape index (κ3) is 3.48. The van der Waals surface area contributed by atoms with Gasteiger partial charge in [0.15, 0.2) is 0 Å². The molecule has 0 bridgehead atoms. The van der Waals surface area contributed by atoms with E-state index in [-0.39, 0.29) is 11.7 Å². The lowest BCUT2D eigenvalue weighted by molar-refractivity contribution is 0.0954. The maximum absolute atomic E-state index is 12.0. The van der Waals surface area contributed by atoms with Gasteiger partial charge in [-0.15, -0.1) is 0 Å². The van der Waals surface area contributed by atoms with Gasteiger partial charge in [-0.05, 0) is 56.2 Å². The fourth-order valence-corrected chi connectivity index (χ4v) is 1.92. The van der Waals surface area contributed by atoms with E-state index in [1.807, 2.05) is 26.0 Å². The molecule has 2 aromatic rings. The number of aromatic hydroxyl groups is 1. The summed E-state index contributed by atoms with van der Waals surface area (Å²) < 4.78 is 0. The van der Waals surface area contributed by atoms with Crippen molar-refractivity contribution in [2.75, 3.05) is 0 Å². The Kier molecular flexibility index (Phi) is 4.38. The van der Waals surface area contributed by atoms with E-state index >= 15 is 0 Å². The van der Waals surface area contributed by atoms with Gasteiger partial charge in [-0.2, -0.15) is 5.10 Å². The monoisotopic (exact) mass is 282 g/mol. The van der Waals surface area contributed by atoms with Gasteiger partial charge in [0.1, 0.15) is 5.75 Å². The number of phenols is 1. The highest BCUT2D eigenvalue weighted by Crippen LogP contribution is 2.16. The largest absolute Gasteiger partial charge is 0.507 e. The van der Waals surface area contributed by atoms with Gasteiger partial charge in [-0.25, -0.2) is 5.43 Å². The molecule has 4 nitrogen and oxygen atoms in total. The molecular weight excluding hydrogens is 264 g/mol. The van der Waals surface area contributed by atoms with E-state index in [1.165, 1.54) is 0 Å². The fraction of sp³-hybridized carbons (Fsp3) is 0.176. The van der Waals surface area contributed by atoms with Crippen LogP contribution in [0.1, 0.15) is 34.0 Å². The Morgan fingerprint density at radius 2 is 1.81 bits per heavy atom. The van der Waals surface area contributed by atoms with Crippen LogP contribution >= 0.6 is 0 Å². The fourth-order valence-electron chi connectivity index (χ4n) is 1.92. The second kappa shape index (κ2) is 6.22. The van der Waals surface area contributed by atoms with Crippen molar-refractivity contribution in [2.24, 2.45) is 5.10 Å². The minimum Gasteiger partial charge on any atom is -0.507 e. The third-order valence-corrected chi connectivity index (χ3v) is 3.39. The van der Waals surface area contributed by atoms with Crippen molar-refractivity contribution in [2.45, 2.75) is 20.8 Å². The molecule has 0 saturated carbocycles. The average Bonchev–Trinajstić information content (AvgIpc) is 2.47. The van der Waals surface area contributed by atoms with E-state index in [0.717, 1.165) is 11.1 Å². The summed E-state index contributed by atoms with van der Waals surface area (Å²) in [5.41, 5.74) is 6.41. The summed E-state index contributed by atoms with van der Waals surface area (Å²) in [6.45, 7) is 5.69. The number of nitrogens with one attached hydrogen (secondary N) is 1. The summed E-state index contributed by atoms with van der Waals surface area (Å²) in [6, 6.07) is 12.4. The molecule has 0 radical (unpaired) electrons. The number of nitrogens with zero attached hydrogens (tertiary/aromatic N) is 1. The smallest absolute Gasteiger partial charge is 0.271 e. The van der Waals surface area contributed by atoms with Gasteiger partial charge in [0.05, 0.1) is 5.71 Å². The Bertz CT molecular complexity index is 706. The quantitative estimate of drug-likeness (QED) is 0.671. The number of phenolic OH excluding ortho intramolecular Hbond substituents is 1. The lowest BCUT2D eigenvalue weighted by atomic mass is 10.1. The summed E-state index contributed by atoms with van der Waals surface area (Å²) >= 11 is 0. The highest BCUT2D eigenvalue weighted by Gasteiger charge is 2.07. The van der Waals surface area contributed by atoms with Crippen LogP contribution in [-0.2, 0) is 0 Å². The number of hydrogen-bond donors (Lipinski definition) is 2. The van der Waals surface area contributed by atoms with E-state index in [1.54, 1.807) is 37.3 Å². The molecule has 0 saturated heterocycles. The van der Waals surface area contributed by atoms with Crippen molar-refractivity contribution in [3.8, 4) is 5.75 Å². The number of carbonyl (C=O) groups excluding carboxylic acids is 1. The van der Waals surface area contributed by atoms with Crippen LogP contribution in [0.3, 0.4) is 0 Å². The molecule has 4 heteroatoms. The predicted octanol–water partition coefficient (Wildman–Crippen LogP) is 3.16. The van der Waals surface area contributed by atoms with Crippen LogP contribution in [0.4, 0.5) is 0 Å². The first-order valence-electron chi connectivity index (χ1n) is 6.69. The van der Waals surface area contributed by atoms with Gasteiger partial charge >= 0.3 is 0 Å². The molecule has 0 heterocycles. The van der Waals surface area contributed by atoms with Crippen LogP contribution in [0, 0.1) is 13.8 Å². The van der Waals surface area contributed by atoms with E-state index in [9.17, 15) is 9.90 Å². The Morgan fingerprint density at radius 1 is 1.10 bits per heavy atom. The summed E-state index contributed by atoms with van der Waals surface area (Å²) in [5.74, 6) is -0.132. The average molecular weight is 282 g/mol. The topological polar surface area (TPSA) is 61.7 Å².